The third-order valence-electron chi connectivity index (χ3n) is 7.24. The van der Waals surface area contributed by atoms with Crippen molar-refractivity contribution in [1.29, 1.82) is 0 Å². The van der Waals surface area contributed by atoms with E-state index in [9.17, 15) is 0 Å². The lowest BCUT2D eigenvalue weighted by Gasteiger charge is -2.29. The Labute approximate surface area is 222 Å². The highest BCUT2D eigenvalue weighted by Gasteiger charge is 2.43. The number of pyridine rings is 1. The third kappa shape index (κ3) is 3.85. The molecule has 1 aliphatic heterocycles. The monoisotopic (exact) mass is 504 g/mol. The Kier molecular flexibility index (Phi) is 5.89. The fourth-order valence-electron chi connectivity index (χ4n) is 5.62. The number of ether oxygens (including phenoxy) is 1. The molecule has 0 amide bonds. The van der Waals surface area contributed by atoms with Crippen molar-refractivity contribution < 1.29 is 4.74 Å². The van der Waals surface area contributed by atoms with Gasteiger partial charge in [0.05, 0.1) is 36.3 Å². The number of anilines is 1. The van der Waals surface area contributed by atoms with Crippen LogP contribution in [0, 0.1) is 13.8 Å². The second-order valence-corrected chi connectivity index (χ2v) is 9.72. The first-order valence-corrected chi connectivity index (χ1v) is 12.8. The molecule has 1 fully saturated rings. The van der Waals surface area contributed by atoms with E-state index >= 15 is 0 Å². The molecule has 0 radical (unpaired) electrons. The molecule has 1 N–H and O–H groups in total. The van der Waals surface area contributed by atoms with Crippen LogP contribution in [0.4, 0.5) is 5.69 Å². The first-order chi connectivity index (χ1) is 18.1. The van der Waals surface area contributed by atoms with E-state index in [1.165, 1.54) is 33.4 Å². The summed E-state index contributed by atoms with van der Waals surface area (Å²) in [5.74, 6) is 0.779. The first-order valence-electron chi connectivity index (χ1n) is 12.4. The number of para-hydroxylation sites is 2. The second-order valence-electron chi connectivity index (χ2n) is 9.33. The normalized spacial score (nSPS) is 17.3. The minimum atomic E-state index is -0.125. The highest BCUT2D eigenvalue weighted by atomic mass is 32.1. The Balaban J connectivity index is 1.57. The van der Waals surface area contributed by atoms with Crippen LogP contribution in [0.5, 0.6) is 5.75 Å². The number of nitrogens with zero attached hydrogens (tertiary/aromatic N) is 3. The van der Waals surface area contributed by atoms with Crippen molar-refractivity contribution in [2.24, 2.45) is 0 Å². The van der Waals surface area contributed by atoms with Crippen molar-refractivity contribution in [3.05, 3.63) is 120 Å². The van der Waals surface area contributed by atoms with Crippen LogP contribution in [0.1, 0.15) is 34.7 Å². The molecule has 0 aliphatic carbocycles. The molecule has 6 heteroatoms. The Hall–Kier alpha value is -4.16. The highest BCUT2D eigenvalue weighted by Crippen LogP contribution is 2.46. The number of hydrogen-bond acceptors (Lipinski definition) is 3. The van der Waals surface area contributed by atoms with Crippen LogP contribution >= 0.6 is 12.2 Å². The van der Waals surface area contributed by atoms with Crippen LogP contribution < -0.4 is 15.0 Å². The second kappa shape index (κ2) is 9.37. The summed E-state index contributed by atoms with van der Waals surface area (Å²) in [6.45, 7) is 4.36. The van der Waals surface area contributed by atoms with Gasteiger partial charge in [0.2, 0.25) is 0 Å². The standard InChI is InChI=1S/C31H28N4OS/c1-20-19-24(21(2)34(20)26-16-10-12-22-11-4-5-13-23(22)26)30-29(25-14-8-9-18-32-25)33-31(37)35(30)27-15-6-7-17-28(27)36-3/h4-19,29-30H,1-3H3,(H,33,37). The number of hydrogen-bond donors (Lipinski definition) is 1. The van der Waals surface area contributed by atoms with E-state index in [0.29, 0.717) is 5.11 Å². The summed E-state index contributed by atoms with van der Waals surface area (Å²) in [6, 6.07) is 31.1. The summed E-state index contributed by atoms with van der Waals surface area (Å²) in [4.78, 5) is 6.90. The van der Waals surface area contributed by atoms with Gasteiger partial charge in [0.1, 0.15) is 5.75 Å². The van der Waals surface area contributed by atoms with E-state index in [1.807, 2.05) is 36.5 Å². The maximum atomic E-state index is 5.95. The van der Waals surface area contributed by atoms with Crippen LogP contribution in [0.3, 0.4) is 0 Å². The minimum Gasteiger partial charge on any atom is -0.495 e. The number of fused-ring (bicyclic) bond motifs is 1. The van der Waals surface area contributed by atoms with E-state index in [0.717, 1.165) is 17.1 Å². The third-order valence-corrected chi connectivity index (χ3v) is 7.55. The molecular weight excluding hydrogens is 476 g/mol. The molecule has 0 spiro atoms. The zero-order valence-electron chi connectivity index (χ0n) is 21.1. The molecule has 5 nitrogen and oxygen atoms in total. The molecule has 2 atom stereocenters. The Morgan fingerprint density at radius 2 is 1.59 bits per heavy atom. The van der Waals surface area contributed by atoms with Gasteiger partial charge < -0.3 is 19.5 Å². The molecule has 2 aromatic heterocycles. The summed E-state index contributed by atoms with van der Waals surface area (Å²) in [5, 5.41) is 6.67. The van der Waals surface area contributed by atoms with E-state index in [4.69, 9.17) is 21.9 Å². The molecule has 6 rings (SSSR count). The quantitative estimate of drug-likeness (QED) is 0.266. The van der Waals surface area contributed by atoms with Gasteiger partial charge in [-0.25, -0.2) is 0 Å². The van der Waals surface area contributed by atoms with Crippen molar-refractivity contribution in [3.8, 4) is 11.4 Å². The van der Waals surface area contributed by atoms with Crippen molar-refractivity contribution in [1.82, 2.24) is 14.9 Å². The SMILES string of the molecule is COc1ccccc1N1C(=S)NC(c2ccccn2)C1c1cc(C)n(-c2cccc3ccccc23)c1C. The molecule has 5 aromatic rings. The van der Waals surface area contributed by atoms with E-state index in [1.54, 1.807) is 7.11 Å². The van der Waals surface area contributed by atoms with Gasteiger partial charge in [-0.3, -0.25) is 4.98 Å². The maximum absolute atomic E-state index is 5.95. The average Bonchev–Trinajstić information content (AvgIpc) is 3.43. The Bertz CT molecular complexity index is 1610. The average molecular weight is 505 g/mol. The van der Waals surface area contributed by atoms with Crippen LogP contribution in [0.15, 0.2) is 97.2 Å². The van der Waals surface area contributed by atoms with E-state index in [2.05, 4.69) is 89.3 Å². The van der Waals surface area contributed by atoms with Crippen molar-refractivity contribution in [3.63, 3.8) is 0 Å². The van der Waals surface area contributed by atoms with Crippen LogP contribution in [0.25, 0.3) is 16.5 Å². The topological polar surface area (TPSA) is 42.3 Å². The molecule has 1 aliphatic rings. The van der Waals surface area contributed by atoms with Gasteiger partial charge in [0, 0.05) is 23.0 Å². The lowest BCUT2D eigenvalue weighted by atomic mass is 9.96. The van der Waals surface area contributed by atoms with Crippen LogP contribution in [-0.2, 0) is 0 Å². The summed E-state index contributed by atoms with van der Waals surface area (Å²) < 4.78 is 8.11. The number of nitrogens with one attached hydrogen (secondary N) is 1. The smallest absolute Gasteiger partial charge is 0.174 e. The van der Waals surface area contributed by atoms with Crippen molar-refractivity contribution in [2.75, 3.05) is 12.0 Å². The molecule has 2 unspecified atom stereocenters. The van der Waals surface area contributed by atoms with Crippen molar-refractivity contribution in [2.45, 2.75) is 25.9 Å². The fraction of sp³-hybridized carbons (Fsp3) is 0.161. The fourth-order valence-corrected chi connectivity index (χ4v) is 5.96. The van der Waals surface area contributed by atoms with Crippen LogP contribution in [0.2, 0.25) is 0 Å². The zero-order valence-corrected chi connectivity index (χ0v) is 21.9. The Morgan fingerprint density at radius 1 is 0.865 bits per heavy atom. The maximum Gasteiger partial charge on any atom is 0.174 e. The van der Waals surface area contributed by atoms with Gasteiger partial charge in [-0.2, -0.15) is 0 Å². The summed E-state index contributed by atoms with van der Waals surface area (Å²) in [7, 11) is 1.70. The van der Waals surface area contributed by atoms with Gasteiger partial charge in [0.15, 0.2) is 5.11 Å². The summed E-state index contributed by atoms with van der Waals surface area (Å²) in [5.41, 5.74) is 6.58. The number of aryl methyl sites for hydroxylation is 1. The summed E-state index contributed by atoms with van der Waals surface area (Å²) >= 11 is 5.95. The molecule has 3 heterocycles. The van der Waals surface area contributed by atoms with E-state index < -0.39 is 0 Å². The van der Waals surface area contributed by atoms with Gasteiger partial charge >= 0.3 is 0 Å². The van der Waals surface area contributed by atoms with E-state index in [-0.39, 0.29) is 12.1 Å². The largest absolute Gasteiger partial charge is 0.495 e. The molecule has 3 aromatic carbocycles. The Morgan fingerprint density at radius 3 is 2.41 bits per heavy atom. The highest BCUT2D eigenvalue weighted by molar-refractivity contribution is 7.80. The zero-order chi connectivity index (χ0) is 25.5. The van der Waals surface area contributed by atoms with Gasteiger partial charge in [0.25, 0.3) is 0 Å². The van der Waals surface area contributed by atoms with Gasteiger partial charge in [-0.1, -0.05) is 54.6 Å². The molecule has 0 saturated carbocycles. The molecule has 37 heavy (non-hydrogen) atoms. The van der Waals surface area contributed by atoms with Crippen molar-refractivity contribution >= 4 is 33.8 Å². The number of benzene rings is 3. The molecule has 0 bridgehead atoms. The number of methoxy groups -OCH3 is 1. The van der Waals surface area contributed by atoms with Crippen LogP contribution in [-0.4, -0.2) is 21.8 Å². The predicted molar refractivity (Wildman–Crippen MR) is 154 cm³/mol. The number of rotatable bonds is 5. The summed E-state index contributed by atoms with van der Waals surface area (Å²) in [6.07, 6.45) is 1.84. The number of aromatic nitrogens is 2. The molecule has 1 saturated heterocycles. The lowest BCUT2D eigenvalue weighted by Crippen LogP contribution is -2.30. The van der Waals surface area contributed by atoms with Gasteiger partial charge in [-0.05, 0) is 73.4 Å². The predicted octanol–water partition coefficient (Wildman–Crippen LogP) is 6.83. The molecule has 184 valence electrons. The lowest BCUT2D eigenvalue weighted by molar-refractivity contribution is 0.414. The number of thiocarbonyl (C=S) groups is 1. The first kappa shape index (κ1) is 23.3. The molecular formula is C31H28N4OS. The van der Waals surface area contributed by atoms with Gasteiger partial charge in [-0.15, -0.1) is 0 Å². The minimum absolute atomic E-state index is 0.117.